The highest BCUT2D eigenvalue weighted by atomic mass is 32.2. The SMILES string of the molecule is CCCCCCCCCCCCOC(CO)C[S+]([O-])CCCCCCCCCCC. The molecule has 0 saturated heterocycles. The maximum Gasteiger partial charge on any atom is 0.133 e. The molecule has 182 valence electrons. The summed E-state index contributed by atoms with van der Waals surface area (Å²) in [5.74, 6) is 1.25. The summed E-state index contributed by atoms with van der Waals surface area (Å²) in [5.41, 5.74) is 0. The Morgan fingerprint density at radius 3 is 1.47 bits per heavy atom. The van der Waals surface area contributed by atoms with Crippen LogP contribution in [-0.2, 0) is 15.9 Å². The van der Waals surface area contributed by atoms with Crippen LogP contribution in [0.15, 0.2) is 0 Å². The van der Waals surface area contributed by atoms with Crippen LogP contribution in [-0.4, -0.2) is 40.5 Å². The summed E-state index contributed by atoms with van der Waals surface area (Å²) < 4.78 is 18.0. The van der Waals surface area contributed by atoms with Crippen LogP contribution in [0.4, 0.5) is 0 Å². The summed E-state index contributed by atoms with van der Waals surface area (Å²) in [6.07, 6.45) is 24.4. The molecule has 3 nitrogen and oxygen atoms in total. The van der Waals surface area contributed by atoms with Crippen LogP contribution in [0.5, 0.6) is 0 Å². The van der Waals surface area contributed by atoms with E-state index in [2.05, 4.69) is 13.8 Å². The van der Waals surface area contributed by atoms with Gasteiger partial charge in [0, 0.05) is 6.61 Å². The monoisotopic (exact) mass is 446 g/mol. The van der Waals surface area contributed by atoms with Crippen LogP contribution in [0.3, 0.4) is 0 Å². The van der Waals surface area contributed by atoms with Gasteiger partial charge in [0.1, 0.15) is 17.6 Å². The van der Waals surface area contributed by atoms with Gasteiger partial charge >= 0.3 is 0 Å². The van der Waals surface area contributed by atoms with Gasteiger partial charge in [-0.25, -0.2) is 0 Å². The average Bonchev–Trinajstić information content (AvgIpc) is 2.75. The fourth-order valence-corrected chi connectivity index (χ4v) is 5.17. The van der Waals surface area contributed by atoms with Crippen LogP contribution in [0.2, 0.25) is 0 Å². The first-order valence-electron chi connectivity index (χ1n) is 13.3. The van der Waals surface area contributed by atoms with E-state index >= 15 is 0 Å². The van der Waals surface area contributed by atoms with Crippen LogP contribution in [0.25, 0.3) is 0 Å². The Kier molecular flexibility index (Phi) is 25.7. The highest BCUT2D eigenvalue weighted by molar-refractivity contribution is 7.91. The second kappa shape index (κ2) is 25.5. The van der Waals surface area contributed by atoms with Gasteiger partial charge < -0.3 is 14.4 Å². The fraction of sp³-hybridized carbons (Fsp3) is 1.00. The van der Waals surface area contributed by atoms with Crippen molar-refractivity contribution < 1.29 is 14.4 Å². The zero-order chi connectivity index (χ0) is 22.1. The molecule has 4 heteroatoms. The Labute approximate surface area is 192 Å². The van der Waals surface area contributed by atoms with Crippen LogP contribution in [0.1, 0.15) is 136 Å². The van der Waals surface area contributed by atoms with E-state index < -0.39 is 11.2 Å². The molecular weight excluding hydrogens is 392 g/mol. The quantitative estimate of drug-likeness (QED) is 0.116. The number of rotatable bonds is 25. The number of ether oxygens (including phenoxy) is 1. The minimum Gasteiger partial charge on any atom is -0.616 e. The van der Waals surface area contributed by atoms with Gasteiger partial charge in [-0.1, -0.05) is 128 Å². The number of hydrogen-bond acceptors (Lipinski definition) is 3. The lowest BCUT2D eigenvalue weighted by atomic mass is 10.1. The molecule has 0 rings (SSSR count). The summed E-state index contributed by atoms with van der Waals surface area (Å²) in [6, 6.07) is 0. The summed E-state index contributed by atoms with van der Waals surface area (Å²) in [4.78, 5) is 0. The molecule has 0 bridgehead atoms. The first-order valence-corrected chi connectivity index (χ1v) is 14.8. The number of aliphatic hydroxyl groups is 1. The maximum absolute atomic E-state index is 12.2. The van der Waals surface area contributed by atoms with Gasteiger partial charge in [0.2, 0.25) is 0 Å². The van der Waals surface area contributed by atoms with Crippen LogP contribution >= 0.6 is 0 Å². The minimum atomic E-state index is -0.862. The Hall–Kier alpha value is 0.230. The molecule has 0 aromatic carbocycles. The second-order valence-electron chi connectivity index (χ2n) is 9.00. The number of aliphatic hydroxyl groups excluding tert-OH is 1. The van der Waals surface area contributed by atoms with Crippen molar-refractivity contribution in [2.24, 2.45) is 0 Å². The van der Waals surface area contributed by atoms with Gasteiger partial charge in [-0.2, -0.15) is 0 Å². The molecule has 0 amide bonds. The van der Waals surface area contributed by atoms with E-state index in [0.717, 1.165) is 18.6 Å². The molecule has 0 aromatic heterocycles. The van der Waals surface area contributed by atoms with E-state index in [-0.39, 0.29) is 12.7 Å². The Balaban J connectivity index is 3.44. The molecule has 0 aromatic rings. The average molecular weight is 447 g/mol. The van der Waals surface area contributed by atoms with Gasteiger partial charge in [-0.15, -0.1) is 0 Å². The maximum atomic E-state index is 12.2. The van der Waals surface area contributed by atoms with Crippen molar-refractivity contribution in [1.82, 2.24) is 0 Å². The first kappa shape index (κ1) is 30.2. The molecule has 0 saturated carbocycles. The largest absolute Gasteiger partial charge is 0.616 e. The molecule has 30 heavy (non-hydrogen) atoms. The summed E-state index contributed by atoms with van der Waals surface area (Å²) in [7, 11) is 0. The summed E-state index contributed by atoms with van der Waals surface area (Å²) >= 11 is -0.862. The Morgan fingerprint density at radius 1 is 0.633 bits per heavy atom. The minimum absolute atomic E-state index is 0.0126. The molecule has 0 aliphatic carbocycles. The first-order chi connectivity index (χ1) is 14.7. The van der Waals surface area contributed by atoms with Crippen molar-refractivity contribution >= 4 is 11.2 Å². The predicted molar refractivity (Wildman–Crippen MR) is 134 cm³/mol. The second-order valence-corrected chi connectivity index (χ2v) is 10.6. The van der Waals surface area contributed by atoms with Crippen molar-refractivity contribution in [3.63, 3.8) is 0 Å². The third-order valence-electron chi connectivity index (χ3n) is 5.90. The lowest BCUT2D eigenvalue weighted by Crippen LogP contribution is -2.29. The van der Waals surface area contributed by atoms with E-state index in [1.165, 1.54) is 109 Å². The highest BCUT2D eigenvalue weighted by Crippen LogP contribution is 2.12. The standard InChI is InChI=1S/C26H54O3S/c1-3-5-7-9-11-13-14-16-18-20-22-29-26(24-27)25-30(28)23-21-19-17-15-12-10-8-6-4-2/h26-27H,3-25H2,1-2H3. The molecule has 0 fully saturated rings. The van der Waals surface area contributed by atoms with E-state index in [1.54, 1.807) is 0 Å². The molecule has 0 spiro atoms. The topological polar surface area (TPSA) is 52.5 Å². The fourth-order valence-electron chi connectivity index (χ4n) is 3.86. The third-order valence-corrected chi connectivity index (χ3v) is 7.39. The molecule has 0 aliphatic rings. The van der Waals surface area contributed by atoms with E-state index in [0.29, 0.717) is 12.4 Å². The van der Waals surface area contributed by atoms with Gasteiger partial charge in [-0.05, 0) is 19.3 Å². The molecule has 1 N–H and O–H groups in total. The molecule has 2 unspecified atom stereocenters. The van der Waals surface area contributed by atoms with Gasteiger partial charge in [0.15, 0.2) is 0 Å². The third kappa shape index (κ3) is 22.9. The van der Waals surface area contributed by atoms with Crippen molar-refractivity contribution in [2.45, 2.75) is 142 Å². The van der Waals surface area contributed by atoms with Crippen molar-refractivity contribution in [3.8, 4) is 0 Å². The molecule has 0 heterocycles. The highest BCUT2D eigenvalue weighted by Gasteiger charge is 2.16. The molecule has 2 atom stereocenters. The van der Waals surface area contributed by atoms with Crippen LogP contribution in [0, 0.1) is 0 Å². The molecular formula is C26H54O3S. The van der Waals surface area contributed by atoms with E-state index in [4.69, 9.17) is 4.74 Å². The molecule has 0 radical (unpaired) electrons. The zero-order valence-electron chi connectivity index (χ0n) is 20.5. The lowest BCUT2D eigenvalue weighted by molar-refractivity contribution is 0.0250. The van der Waals surface area contributed by atoms with E-state index in [1.807, 2.05) is 0 Å². The summed E-state index contributed by atoms with van der Waals surface area (Å²) in [6.45, 7) is 5.20. The van der Waals surface area contributed by atoms with Crippen molar-refractivity contribution in [3.05, 3.63) is 0 Å². The lowest BCUT2D eigenvalue weighted by Gasteiger charge is -2.18. The molecule has 0 aliphatic heterocycles. The van der Waals surface area contributed by atoms with Gasteiger partial charge in [0.05, 0.1) is 6.61 Å². The van der Waals surface area contributed by atoms with Gasteiger partial charge in [-0.3, -0.25) is 0 Å². The Morgan fingerprint density at radius 2 is 1.03 bits per heavy atom. The smallest absolute Gasteiger partial charge is 0.133 e. The van der Waals surface area contributed by atoms with Crippen molar-refractivity contribution in [1.29, 1.82) is 0 Å². The van der Waals surface area contributed by atoms with Gasteiger partial charge in [0.25, 0.3) is 0 Å². The normalized spacial score (nSPS) is 13.6. The predicted octanol–water partition coefficient (Wildman–Crippen LogP) is 7.56. The zero-order valence-corrected chi connectivity index (χ0v) is 21.3. The van der Waals surface area contributed by atoms with Crippen LogP contribution < -0.4 is 0 Å². The van der Waals surface area contributed by atoms with Crippen molar-refractivity contribution in [2.75, 3.05) is 24.7 Å². The Bertz CT molecular complexity index is 315. The van der Waals surface area contributed by atoms with E-state index in [9.17, 15) is 9.66 Å². The number of unbranched alkanes of at least 4 members (excludes halogenated alkanes) is 17. The summed E-state index contributed by atoms with van der Waals surface area (Å²) in [5, 5.41) is 9.51. The number of hydrogen-bond donors (Lipinski definition) is 1.